The van der Waals surface area contributed by atoms with Gasteiger partial charge in [-0.1, -0.05) is 0 Å². The van der Waals surface area contributed by atoms with Crippen LogP contribution in [-0.2, 0) is 0 Å². The molecule has 0 aliphatic rings. The van der Waals surface area contributed by atoms with E-state index >= 15 is 0 Å². The van der Waals surface area contributed by atoms with Crippen molar-refractivity contribution in [1.29, 1.82) is 5.26 Å². The summed E-state index contributed by atoms with van der Waals surface area (Å²) in [5, 5.41) is 8.67. The predicted octanol–water partition coefficient (Wildman–Crippen LogP) is 1.02. The maximum Gasteiger partial charge on any atom is 0.311 e. The fraction of sp³-hybridized carbons (Fsp3) is 0. The highest BCUT2D eigenvalue weighted by Gasteiger charge is 2.07. The van der Waals surface area contributed by atoms with Crippen LogP contribution in [0.1, 0.15) is 5.56 Å². The van der Waals surface area contributed by atoms with Gasteiger partial charge < -0.3 is 15.5 Å². The van der Waals surface area contributed by atoms with Gasteiger partial charge >= 0.3 is 5.56 Å². The van der Waals surface area contributed by atoms with Crippen molar-refractivity contribution >= 4 is 5.69 Å². The van der Waals surface area contributed by atoms with Gasteiger partial charge in [0.1, 0.15) is 0 Å². The third-order valence-corrected chi connectivity index (χ3v) is 2.02. The zero-order valence-corrected chi connectivity index (χ0v) is 8.68. The average molecular weight is 228 g/mol. The highest BCUT2D eigenvalue weighted by Crippen LogP contribution is 2.25. The maximum atomic E-state index is 11.3. The molecule has 0 aliphatic carbocycles. The standard InChI is InChI=1S/C11H8N4O2/c12-6-7-1-2-9(8(13)5-7)17-11-10(16)14-3-4-15-11/h1-5H,13H2,(H,14,16). The monoisotopic (exact) mass is 228 g/mol. The van der Waals surface area contributed by atoms with E-state index in [2.05, 4.69) is 9.97 Å². The Morgan fingerprint density at radius 2 is 2.29 bits per heavy atom. The lowest BCUT2D eigenvalue weighted by Gasteiger charge is -2.06. The molecule has 1 aromatic heterocycles. The fourth-order valence-corrected chi connectivity index (χ4v) is 1.23. The van der Waals surface area contributed by atoms with E-state index in [0.29, 0.717) is 5.56 Å². The number of nitrogens with two attached hydrogens (primary N) is 1. The fourth-order valence-electron chi connectivity index (χ4n) is 1.23. The van der Waals surface area contributed by atoms with Crippen LogP contribution in [0.3, 0.4) is 0 Å². The summed E-state index contributed by atoms with van der Waals surface area (Å²) < 4.78 is 5.25. The normalized spacial score (nSPS) is 9.59. The van der Waals surface area contributed by atoms with Crippen LogP contribution >= 0.6 is 0 Å². The number of nitrogen functional groups attached to an aromatic ring is 1. The second-order valence-electron chi connectivity index (χ2n) is 3.19. The Morgan fingerprint density at radius 1 is 1.47 bits per heavy atom. The number of nitrogens with zero attached hydrogens (tertiary/aromatic N) is 2. The molecule has 0 amide bonds. The van der Waals surface area contributed by atoms with Gasteiger partial charge in [-0.25, -0.2) is 4.98 Å². The van der Waals surface area contributed by atoms with Crippen molar-refractivity contribution in [2.75, 3.05) is 5.73 Å². The first-order chi connectivity index (χ1) is 8.20. The minimum absolute atomic E-state index is 0.0936. The number of rotatable bonds is 2. The first-order valence-electron chi connectivity index (χ1n) is 4.72. The Hall–Kier alpha value is -2.81. The Balaban J connectivity index is 2.35. The second-order valence-corrected chi connectivity index (χ2v) is 3.19. The van der Waals surface area contributed by atoms with Crippen LogP contribution in [0, 0.1) is 11.3 Å². The first kappa shape index (κ1) is 10.7. The Labute approximate surface area is 96.3 Å². The number of nitrogens with one attached hydrogen (secondary N) is 1. The molecule has 1 heterocycles. The molecule has 84 valence electrons. The highest BCUT2D eigenvalue weighted by atomic mass is 16.5. The second kappa shape index (κ2) is 4.37. The van der Waals surface area contributed by atoms with Crippen LogP contribution in [0.2, 0.25) is 0 Å². The van der Waals surface area contributed by atoms with Gasteiger partial charge in [0.25, 0.3) is 5.88 Å². The van der Waals surface area contributed by atoms with Crippen LogP contribution in [0.4, 0.5) is 5.69 Å². The van der Waals surface area contributed by atoms with Crippen molar-refractivity contribution in [3.05, 3.63) is 46.5 Å². The lowest BCUT2D eigenvalue weighted by molar-refractivity contribution is 0.456. The molecule has 0 fully saturated rings. The lowest BCUT2D eigenvalue weighted by Crippen LogP contribution is -2.09. The molecule has 0 unspecified atom stereocenters. The molecule has 0 radical (unpaired) electrons. The van der Waals surface area contributed by atoms with Gasteiger partial charge in [-0.05, 0) is 18.2 Å². The minimum atomic E-state index is -0.448. The van der Waals surface area contributed by atoms with Gasteiger partial charge in [-0.2, -0.15) is 5.26 Å². The van der Waals surface area contributed by atoms with Crippen LogP contribution in [-0.4, -0.2) is 9.97 Å². The van der Waals surface area contributed by atoms with E-state index in [-0.39, 0.29) is 17.3 Å². The molecule has 3 N–H and O–H groups in total. The zero-order chi connectivity index (χ0) is 12.3. The van der Waals surface area contributed by atoms with Crippen LogP contribution in [0.25, 0.3) is 0 Å². The summed E-state index contributed by atoms with van der Waals surface area (Å²) in [6, 6.07) is 6.48. The average Bonchev–Trinajstić information content (AvgIpc) is 2.34. The molecule has 0 saturated carbocycles. The molecule has 0 saturated heterocycles. The molecule has 2 rings (SSSR count). The largest absolute Gasteiger partial charge is 0.432 e. The molecule has 1 aromatic carbocycles. The van der Waals surface area contributed by atoms with E-state index in [9.17, 15) is 4.79 Å². The summed E-state index contributed by atoms with van der Waals surface area (Å²) in [6.45, 7) is 0. The minimum Gasteiger partial charge on any atom is -0.432 e. The van der Waals surface area contributed by atoms with E-state index < -0.39 is 5.56 Å². The number of hydrogen-bond donors (Lipinski definition) is 2. The molecule has 6 heteroatoms. The third kappa shape index (κ3) is 2.23. The molecule has 6 nitrogen and oxygen atoms in total. The van der Waals surface area contributed by atoms with Crippen molar-refractivity contribution in [3.63, 3.8) is 0 Å². The number of hydrogen-bond acceptors (Lipinski definition) is 5. The summed E-state index contributed by atoms with van der Waals surface area (Å²) in [4.78, 5) is 17.5. The van der Waals surface area contributed by atoms with Crippen molar-refractivity contribution < 1.29 is 4.74 Å². The summed E-state index contributed by atoms with van der Waals surface area (Å²) in [5.74, 6) is 0.192. The van der Waals surface area contributed by atoms with Crippen molar-refractivity contribution in [2.45, 2.75) is 0 Å². The van der Waals surface area contributed by atoms with Crippen molar-refractivity contribution in [2.24, 2.45) is 0 Å². The first-order valence-corrected chi connectivity index (χ1v) is 4.72. The number of ether oxygens (including phenoxy) is 1. The highest BCUT2D eigenvalue weighted by molar-refractivity contribution is 5.57. The van der Waals surface area contributed by atoms with E-state index in [0.717, 1.165) is 0 Å². The Bertz CT molecular complexity index is 642. The number of nitriles is 1. The number of benzene rings is 1. The molecular formula is C11H8N4O2. The Morgan fingerprint density at radius 3 is 2.94 bits per heavy atom. The summed E-state index contributed by atoms with van der Waals surface area (Å²) >= 11 is 0. The third-order valence-electron chi connectivity index (χ3n) is 2.02. The molecule has 0 atom stereocenters. The van der Waals surface area contributed by atoms with Gasteiger partial charge in [0.05, 0.1) is 17.3 Å². The lowest BCUT2D eigenvalue weighted by atomic mass is 10.2. The van der Waals surface area contributed by atoms with E-state index in [1.807, 2.05) is 6.07 Å². The predicted molar refractivity (Wildman–Crippen MR) is 60.5 cm³/mol. The summed E-state index contributed by atoms with van der Waals surface area (Å²) in [7, 11) is 0. The smallest absolute Gasteiger partial charge is 0.311 e. The van der Waals surface area contributed by atoms with Gasteiger partial charge in [0.15, 0.2) is 5.75 Å². The SMILES string of the molecule is N#Cc1ccc(Oc2ncc[nH]c2=O)c(N)c1. The van der Waals surface area contributed by atoms with E-state index in [4.69, 9.17) is 15.7 Å². The molecular weight excluding hydrogens is 220 g/mol. The molecule has 17 heavy (non-hydrogen) atoms. The summed E-state index contributed by atoms with van der Waals surface area (Å²) in [6.07, 6.45) is 2.80. The zero-order valence-electron chi connectivity index (χ0n) is 8.68. The van der Waals surface area contributed by atoms with Crippen LogP contribution < -0.4 is 16.0 Å². The number of H-pyrrole nitrogens is 1. The van der Waals surface area contributed by atoms with Crippen molar-refractivity contribution in [1.82, 2.24) is 9.97 Å². The van der Waals surface area contributed by atoms with Gasteiger partial charge in [0.2, 0.25) is 0 Å². The molecule has 0 aliphatic heterocycles. The topological polar surface area (TPSA) is 105 Å². The number of aromatic nitrogens is 2. The van der Waals surface area contributed by atoms with Crippen LogP contribution in [0.5, 0.6) is 11.6 Å². The van der Waals surface area contributed by atoms with Gasteiger partial charge in [-0.15, -0.1) is 0 Å². The van der Waals surface area contributed by atoms with E-state index in [1.165, 1.54) is 24.5 Å². The summed E-state index contributed by atoms with van der Waals surface area (Å²) in [5.41, 5.74) is 5.92. The van der Waals surface area contributed by atoms with Gasteiger partial charge in [0, 0.05) is 12.4 Å². The molecule has 2 aromatic rings. The number of anilines is 1. The van der Waals surface area contributed by atoms with Crippen LogP contribution in [0.15, 0.2) is 35.4 Å². The quantitative estimate of drug-likeness (QED) is 0.746. The number of aromatic amines is 1. The maximum absolute atomic E-state index is 11.3. The van der Waals surface area contributed by atoms with E-state index in [1.54, 1.807) is 6.07 Å². The van der Waals surface area contributed by atoms with Crippen molar-refractivity contribution in [3.8, 4) is 17.7 Å². The molecule has 0 bridgehead atoms. The van der Waals surface area contributed by atoms with Gasteiger partial charge in [-0.3, -0.25) is 4.79 Å². The Kier molecular flexibility index (Phi) is 2.75. The molecule has 0 spiro atoms.